The number of rotatable bonds is 4. The lowest BCUT2D eigenvalue weighted by atomic mass is 10.1. The SMILES string of the molecule is O=[N+]([O-])c1cc(-c2cnc(CC3CCNC3)[nH]2)ccc1F. The number of nitro groups is 1. The van der Waals surface area contributed by atoms with E-state index in [4.69, 9.17) is 0 Å². The third-order valence-corrected chi connectivity index (χ3v) is 3.73. The van der Waals surface area contributed by atoms with Crippen LogP contribution in [-0.2, 0) is 6.42 Å². The van der Waals surface area contributed by atoms with E-state index < -0.39 is 16.4 Å². The molecule has 3 rings (SSSR count). The van der Waals surface area contributed by atoms with E-state index in [2.05, 4.69) is 15.3 Å². The van der Waals surface area contributed by atoms with Crippen LogP contribution in [-0.4, -0.2) is 28.0 Å². The van der Waals surface area contributed by atoms with E-state index in [9.17, 15) is 14.5 Å². The summed E-state index contributed by atoms with van der Waals surface area (Å²) in [4.78, 5) is 17.5. The number of hydrogen-bond acceptors (Lipinski definition) is 4. The molecule has 1 aliphatic rings. The summed E-state index contributed by atoms with van der Waals surface area (Å²) >= 11 is 0. The minimum atomic E-state index is -0.833. The van der Waals surface area contributed by atoms with Crippen molar-refractivity contribution in [2.45, 2.75) is 12.8 Å². The van der Waals surface area contributed by atoms with Crippen LogP contribution in [0.15, 0.2) is 24.4 Å². The van der Waals surface area contributed by atoms with Crippen molar-refractivity contribution in [2.75, 3.05) is 13.1 Å². The van der Waals surface area contributed by atoms with Crippen LogP contribution in [0.2, 0.25) is 0 Å². The Morgan fingerprint density at radius 2 is 2.33 bits per heavy atom. The fraction of sp³-hybridized carbons (Fsp3) is 0.357. The van der Waals surface area contributed by atoms with Gasteiger partial charge in [-0.25, -0.2) is 4.98 Å². The molecule has 110 valence electrons. The van der Waals surface area contributed by atoms with Crippen LogP contribution in [0.4, 0.5) is 10.1 Å². The number of hydrogen-bond donors (Lipinski definition) is 2. The molecule has 21 heavy (non-hydrogen) atoms. The summed E-state index contributed by atoms with van der Waals surface area (Å²) in [5, 5.41) is 14.1. The van der Waals surface area contributed by atoms with Gasteiger partial charge in [-0.1, -0.05) is 0 Å². The van der Waals surface area contributed by atoms with Gasteiger partial charge >= 0.3 is 5.69 Å². The summed E-state index contributed by atoms with van der Waals surface area (Å²) < 4.78 is 13.3. The highest BCUT2D eigenvalue weighted by atomic mass is 19.1. The monoisotopic (exact) mass is 290 g/mol. The second kappa shape index (κ2) is 5.61. The van der Waals surface area contributed by atoms with Crippen molar-refractivity contribution in [1.29, 1.82) is 0 Å². The minimum absolute atomic E-state index is 0.524. The van der Waals surface area contributed by atoms with E-state index in [1.165, 1.54) is 12.1 Å². The summed E-state index contributed by atoms with van der Waals surface area (Å²) in [5.41, 5.74) is 0.703. The molecule has 2 aromatic rings. The highest BCUT2D eigenvalue weighted by Gasteiger charge is 2.18. The number of aromatic nitrogens is 2. The van der Waals surface area contributed by atoms with Gasteiger partial charge in [0, 0.05) is 18.1 Å². The number of imidazole rings is 1. The first-order chi connectivity index (χ1) is 10.1. The summed E-state index contributed by atoms with van der Waals surface area (Å²) in [6, 6.07) is 3.84. The highest BCUT2D eigenvalue weighted by molar-refractivity contribution is 5.62. The molecule has 2 N–H and O–H groups in total. The molecule has 0 amide bonds. The van der Waals surface area contributed by atoms with Crippen molar-refractivity contribution in [2.24, 2.45) is 5.92 Å². The van der Waals surface area contributed by atoms with E-state index >= 15 is 0 Å². The number of benzene rings is 1. The third-order valence-electron chi connectivity index (χ3n) is 3.73. The molecule has 0 spiro atoms. The van der Waals surface area contributed by atoms with Crippen molar-refractivity contribution in [3.8, 4) is 11.3 Å². The molecular formula is C14H15FN4O2. The smallest absolute Gasteiger partial charge is 0.305 e. The van der Waals surface area contributed by atoms with E-state index in [1.54, 1.807) is 6.20 Å². The van der Waals surface area contributed by atoms with E-state index in [-0.39, 0.29) is 0 Å². The molecular weight excluding hydrogens is 275 g/mol. The first-order valence-electron chi connectivity index (χ1n) is 6.82. The molecule has 0 radical (unpaired) electrons. The fourth-order valence-corrected chi connectivity index (χ4v) is 2.60. The molecule has 1 saturated heterocycles. The Morgan fingerprint density at radius 1 is 1.48 bits per heavy atom. The van der Waals surface area contributed by atoms with Gasteiger partial charge < -0.3 is 10.3 Å². The molecule has 1 aromatic heterocycles. The average Bonchev–Trinajstić information content (AvgIpc) is 3.11. The van der Waals surface area contributed by atoms with Gasteiger partial charge in [0.25, 0.3) is 0 Å². The van der Waals surface area contributed by atoms with Crippen LogP contribution in [0.5, 0.6) is 0 Å². The molecule has 0 bridgehead atoms. The Bertz CT molecular complexity index is 665. The maximum atomic E-state index is 13.3. The van der Waals surface area contributed by atoms with Gasteiger partial charge in [-0.05, 0) is 37.6 Å². The second-order valence-electron chi connectivity index (χ2n) is 5.23. The highest BCUT2D eigenvalue weighted by Crippen LogP contribution is 2.25. The number of nitrogens with one attached hydrogen (secondary N) is 2. The summed E-state index contributed by atoms with van der Waals surface area (Å²) in [7, 11) is 0. The lowest BCUT2D eigenvalue weighted by Crippen LogP contribution is -2.11. The number of nitrogens with zero attached hydrogens (tertiary/aromatic N) is 2. The summed E-state index contributed by atoms with van der Waals surface area (Å²) in [6.07, 6.45) is 3.60. The predicted octanol–water partition coefficient (Wildman–Crippen LogP) is 2.28. The second-order valence-corrected chi connectivity index (χ2v) is 5.23. The number of halogens is 1. The average molecular weight is 290 g/mol. The third kappa shape index (κ3) is 2.92. The van der Waals surface area contributed by atoms with Gasteiger partial charge in [-0.15, -0.1) is 0 Å². The molecule has 1 aromatic carbocycles. The van der Waals surface area contributed by atoms with Crippen molar-refractivity contribution in [1.82, 2.24) is 15.3 Å². The Morgan fingerprint density at radius 3 is 3.05 bits per heavy atom. The number of aromatic amines is 1. The molecule has 6 nitrogen and oxygen atoms in total. The van der Waals surface area contributed by atoms with Gasteiger partial charge in [-0.2, -0.15) is 4.39 Å². The molecule has 1 unspecified atom stereocenters. The summed E-state index contributed by atoms with van der Waals surface area (Å²) in [5.74, 6) is 0.581. The quantitative estimate of drug-likeness (QED) is 0.668. The van der Waals surface area contributed by atoms with Gasteiger partial charge in [0.1, 0.15) is 5.82 Å². The Labute approximate surface area is 120 Å². The van der Waals surface area contributed by atoms with Crippen molar-refractivity contribution in [3.05, 3.63) is 46.2 Å². The zero-order valence-corrected chi connectivity index (χ0v) is 11.3. The van der Waals surface area contributed by atoms with Crippen LogP contribution in [0.1, 0.15) is 12.2 Å². The van der Waals surface area contributed by atoms with Gasteiger partial charge in [0.15, 0.2) is 0 Å². The molecule has 1 aliphatic heterocycles. The first kappa shape index (κ1) is 13.7. The minimum Gasteiger partial charge on any atom is -0.342 e. The van der Waals surface area contributed by atoms with Crippen molar-refractivity contribution < 1.29 is 9.31 Å². The van der Waals surface area contributed by atoms with Crippen molar-refractivity contribution >= 4 is 5.69 Å². The molecule has 7 heteroatoms. The van der Waals surface area contributed by atoms with Crippen LogP contribution in [0.25, 0.3) is 11.3 Å². The van der Waals surface area contributed by atoms with E-state index in [0.29, 0.717) is 17.2 Å². The number of nitro benzene ring substituents is 1. The van der Waals surface area contributed by atoms with Crippen LogP contribution in [0, 0.1) is 21.8 Å². The molecule has 0 aliphatic carbocycles. The predicted molar refractivity (Wildman–Crippen MR) is 75.3 cm³/mol. The maximum absolute atomic E-state index is 13.3. The van der Waals surface area contributed by atoms with Gasteiger partial charge in [0.05, 0.1) is 16.8 Å². The molecule has 0 saturated carbocycles. The zero-order chi connectivity index (χ0) is 14.8. The topological polar surface area (TPSA) is 83.8 Å². The Hall–Kier alpha value is -2.28. The van der Waals surface area contributed by atoms with Gasteiger partial charge in [-0.3, -0.25) is 10.1 Å². The Balaban J connectivity index is 1.82. The maximum Gasteiger partial charge on any atom is 0.305 e. The largest absolute Gasteiger partial charge is 0.342 e. The molecule has 2 heterocycles. The lowest BCUT2D eigenvalue weighted by molar-refractivity contribution is -0.387. The van der Waals surface area contributed by atoms with Crippen molar-refractivity contribution in [3.63, 3.8) is 0 Å². The van der Waals surface area contributed by atoms with E-state index in [1.807, 2.05) is 0 Å². The van der Waals surface area contributed by atoms with Crippen LogP contribution >= 0.6 is 0 Å². The van der Waals surface area contributed by atoms with E-state index in [0.717, 1.165) is 37.8 Å². The molecule has 1 fully saturated rings. The van der Waals surface area contributed by atoms with Crippen LogP contribution < -0.4 is 5.32 Å². The lowest BCUT2D eigenvalue weighted by Gasteiger charge is -2.04. The Kier molecular flexibility index (Phi) is 3.66. The van der Waals surface area contributed by atoms with Crippen LogP contribution in [0.3, 0.4) is 0 Å². The summed E-state index contributed by atoms with van der Waals surface area (Å²) in [6.45, 7) is 2.01. The van der Waals surface area contributed by atoms with Gasteiger partial charge in [0.2, 0.25) is 5.82 Å². The zero-order valence-electron chi connectivity index (χ0n) is 11.3. The first-order valence-corrected chi connectivity index (χ1v) is 6.82. The number of H-pyrrole nitrogens is 1. The molecule has 1 atom stereocenters. The normalized spacial score (nSPS) is 18.0. The fourth-order valence-electron chi connectivity index (χ4n) is 2.60. The standard InChI is InChI=1S/C14H15FN4O2/c15-11-2-1-10(6-13(11)19(20)21)12-8-17-14(18-12)5-9-3-4-16-7-9/h1-2,6,8-9,16H,3-5,7H2,(H,17,18).